The summed E-state index contributed by atoms with van der Waals surface area (Å²) in [5.41, 5.74) is 0. The maximum absolute atomic E-state index is 10.8. The predicted molar refractivity (Wildman–Crippen MR) is 103 cm³/mol. The van der Waals surface area contributed by atoms with E-state index in [9.17, 15) is 8.42 Å². The van der Waals surface area contributed by atoms with E-state index in [0.717, 1.165) is 32.1 Å². The van der Waals surface area contributed by atoms with Crippen LogP contribution in [0.2, 0.25) is 0 Å². The number of rotatable bonds is 18. The first kappa shape index (κ1) is 23.6. The van der Waals surface area contributed by atoms with E-state index in [2.05, 4.69) is 12.2 Å². The molecule has 0 fully saturated rings. The first-order valence-electron chi connectivity index (χ1n) is 9.82. The minimum Gasteiger partial charge on any atom is -0.396 e. The smallest absolute Gasteiger partial charge is 0.209 e. The van der Waals surface area contributed by atoms with Gasteiger partial charge in [0.1, 0.15) is 0 Å². The molecule has 0 amide bonds. The second kappa shape index (κ2) is 17.4. The number of aliphatic hydroxyl groups is 1. The quantitative estimate of drug-likeness (QED) is 0.275. The van der Waals surface area contributed by atoms with Gasteiger partial charge in [0, 0.05) is 6.61 Å². The molecule has 0 spiro atoms. The van der Waals surface area contributed by atoms with E-state index < -0.39 is 10.0 Å². The number of hydrogen-bond acceptors (Lipinski definition) is 3. The predicted octanol–water partition coefficient (Wildman–Crippen LogP) is 4.67. The van der Waals surface area contributed by atoms with Crippen LogP contribution < -0.4 is 5.14 Å². The highest BCUT2D eigenvalue weighted by molar-refractivity contribution is 7.89. The van der Waals surface area contributed by atoms with Gasteiger partial charge in [-0.15, -0.1) is 0 Å². The van der Waals surface area contributed by atoms with Crippen LogP contribution >= 0.6 is 0 Å². The molecule has 0 bridgehead atoms. The van der Waals surface area contributed by atoms with E-state index in [1.807, 2.05) is 0 Å². The number of sulfonamides is 1. The number of unbranched alkanes of at least 4 members (excludes halogenated alkanes) is 13. The number of aliphatic hydroxyl groups excluding tert-OH is 1. The van der Waals surface area contributed by atoms with E-state index in [4.69, 9.17) is 10.2 Å². The Hall–Kier alpha value is -0.390. The van der Waals surface area contributed by atoms with Gasteiger partial charge in [0.2, 0.25) is 10.0 Å². The zero-order valence-corrected chi connectivity index (χ0v) is 16.2. The number of nitrogens with two attached hydrogens (primary N) is 1. The molecule has 0 aliphatic rings. The third-order valence-electron chi connectivity index (χ3n) is 4.25. The topological polar surface area (TPSA) is 80.4 Å². The molecule has 0 atom stereocenters. The van der Waals surface area contributed by atoms with Gasteiger partial charge in [-0.3, -0.25) is 0 Å². The van der Waals surface area contributed by atoms with Crippen LogP contribution in [0.15, 0.2) is 12.2 Å². The van der Waals surface area contributed by atoms with Gasteiger partial charge in [0.05, 0.1) is 5.75 Å². The minimum absolute atomic E-state index is 0.129. The van der Waals surface area contributed by atoms with Crippen LogP contribution in [0.4, 0.5) is 0 Å². The summed E-state index contributed by atoms with van der Waals surface area (Å²) in [6, 6.07) is 0. The number of primary sulfonamides is 1. The largest absolute Gasteiger partial charge is 0.396 e. The molecule has 0 aromatic rings. The lowest BCUT2D eigenvalue weighted by Crippen LogP contribution is -2.16. The van der Waals surface area contributed by atoms with Gasteiger partial charge in [0.25, 0.3) is 0 Å². The van der Waals surface area contributed by atoms with E-state index in [-0.39, 0.29) is 5.75 Å². The summed E-state index contributed by atoms with van der Waals surface area (Å²) in [5, 5.41) is 13.6. The molecule has 0 unspecified atom stereocenters. The molecule has 0 aliphatic carbocycles. The van der Waals surface area contributed by atoms with Crippen molar-refractivity contribution >= 4 is 10.0 Å². The summed E-state index contributed by atoms with van der Waals surface area (Å²) in [7, 11) is -3.26. The Bertz CT molecular complexity index is 380. The first-order chi connectivity index (χ1) is 11.6. The molecular weight excluding hydrogens is 322 g/mol. The molecular formula is C19H39NO3S. The molecule has 0 aliphatic heterocycles. The number of hydrogen-bond donors (Lipinski definition) is 2. The molecule has 4 nitrogen and oxygen atoms in total. The Morgan fingerprint density at radius 3 is 1.42 bits per heavy atom. The van der Waals surface area contributed by atoms with Crippen molar-refractivity contribution in [2.75, 3.05) is 12.4 Å². The fraction of sp³-hybridized carbons (Fsp3) is 0.895. The maximum Gasteiger partial charge on any atom is 0.209 e. The van der Waals surface area contributed by atoms with E-state index in [1.165, 1.54) is 57.8 Å². The van der Waals surface area contributed by atoms with Gasteiger partial charge in [-0.1, -0.05) is 69.9 Å². The van der Waals surface area contributed by atoms with Gasteiger partial charge in [-0.2, -0.15) is 0 Å². The Labute approximate surface area is 150 Å². The Morgan fingerprint density at radius 2 is 1.00 bits per heavy atom. The van der Waals surface area contributed by atoms with Crippen molar-refractivity contribution in [3.05, 3.63) is 12.2 Å². The molecule has 0 heterocycles. The molecule has 0 aromatic heterocycles. The van der Waals surface area contributed by atoms with Crippen molar-refractivity contribution < 1.29 is 13.5 Å². The highest BCUT2D eigenvalue weighted by Crippen LogP contribution is 2.12. The average Bonchev–Trinajstić information content (AvgIpc) is 2.52. The lowest BCUT2D eigenvalue weighted by atomic mass is 10.1. The van der Waals surface area contributed by atoms with Crippen LogP contribution in [-0.2, 0) is 10.0 Å². The molecule has 0 rings (SSSR count). The van der Waals surface area contributed by atoms with Crippen LogP contribution in [0.5, 0.6) is 0 Å². The zero-order valence-electron chi connectivity index (χ0n) is 15.4. The normalized spacial score (nSPS) is 12.2. The summed E-state index contributed by atoms with van der Waals surface area (Å²) >= 11 is 0. The Kier molecular flexibility index (Phi) is 17.2. The van der Waals surface area contributed by atoms with E-state index >= 15 is 0 Å². The van der Waals surface area contributed by atoms with Gasteiger partial charge in [-0.05, 0) is 38.5 Å². The summed E-state index contributed by atoms with van der Waals surface area (Å²) in [4.78, 5) is 0. The number of allylic oxidation sites excluding steroid dienone is 2. The molecule has 0 saturated carbocycles. The van der Waals surface area contributed by atoms with E-state index in [0.29, 0.717) is 13.0 Å². The third-order valence-corrected chi connectivity index (χ3v) is 5.10. The SMILES string of the molecule is NS(=O)(=O)CCCCCCCCCCCCC=CCCCCCO. The summed E-state index contributed by atoms with van der Waals surface area (Å²) in [5.74, 6) is 0.129. The van der Waals surface area contributed by atoms with Crippen molar-refractivity contribution in [2.24, 2.45) is 5.14 Å². The molecule has 0 aromatic carbocycles. The van der Waals surface area contributed by atoms with E-state index in [1.54, 1.807) is 0 Å². The summed E-state index contributed by atoms with van der Waals surface area (Å²) in [6.45, 7) is 0.322. The van der Waals surface area contributed by atoms with Crippen molar-refractivity contribution in [1.82, 2.24) is 0 Å². The van der Waals surface area contributed by atoms with Crippen molar-refractivity contribution in [1.29, 1.82) is 0 Å². The maximum atomic E-state index is 10.8. The summed E-state index contributed by atoms with van der Waals surface area (Å²) in [6.07, 6.45) is 22.0. The molecule has 5 heteroatoms. The fourth-order valence-electron chi connectivity index (χ4n) is 2.77. The van der Waals surface area contributed by atoms with Gasteiger partial charge in [-0.25, -0.2) is 13.6 Å². The first-order valence-corrected chi connectivity index (χ1v) is 11.5. The summed E-state index contributed by atoms with van der Waals surface area (Å²) < 4.78 is 21.5. The Morgan fingerprint density at radius 1 is 0.625 bits per heavy atom. The standard InChI is InChI=1S/C19H39NO3S/c20-24(22,23)19-17-15-13-11-9-7-5-3-1-2-4-6-8-10-12-14-16-18-21/h6,8,21H,1-5,7,9-19H2,(H2,20,22,23). The molecule has 144 valence electrons. The van der Waals surface area contributed by atoms with Crippen LogP contribution in [0.3, 0.4) is 0 Å². The van der Waals surface area contributed by atoms with Crippen molar-refractivity contribution in [2.45, 2.75) is 96.3 Å². The lowest BCUT2D eigenvalue weighted by molar-refractivity contribution is 0.283. The highest BCUT2D eigenvalue weighted by atomic mass is 32.2. The third kappa shape index (κ3) is 21.6. The van der Waals surface area contributed by atoms with Gasteiger partial charge < -0.3 is 5.11 Å². The van der Waals surface area contributed by atoms with Crippen molar-refractivity contribution in [3.8, 4) is 0 Å². The zero-order chi connectivity index (χ0) is 17.9. The molecule has 0 radical (unpaired) electrons. The molecule has 24 heavy (non-hydrogen) atoms. The fourth-order valence-corrected chi connectivity index (χ4v) is 3.37. The minimum atomic E-state index is -3.26. The van der Waals surface area contributed by atoms with Crippen LogP contribution in [0.25, 0.3) is 0 Å². The molecule has 3 N–H and O–H groups in total. The van der Waals surface area contributed by atoms with Gasteiger partial charge in [0.15, 0.2) is 0 Å². The van der Waals surface area contributed by atoms with Crippen LogP contribution in [0, 0.1) is 0 Å². The second-order valence-corrected chi connectivity index (χ2v) is 8.47. The van der Waals surface area contributed by atoms with Crippen LogP contribution in [0.1, 0.15) is 96.3 Å². The van der Waals surface area contributed by atoms with Crippen LogP contribution in [-0.4, -0.2) is 25.9 Å². The second-order valence-electron chi connectivity index (χ2n) is 6.74. The monoisotopic (exact) mass is 361 g/mol. The van der Waals surface area contributed by atoms with Gasteiger partial charge >= 0.3 is 0 Å². The Balaban J connectivity index is 3.11. The lowest BCUT2D eigenvalue weighted by Gasteiger charge is -2.02. The molecule has 0 saturated heterocycles. The highest BCUT2D eigenvalue weighted by Gasteiger charge is 2.01. The average molecular weight is 362 g/mol. The van der Waals surface area contributed by atoms with Crippen molar-refractivity contribution in [3.63, 3.8) is 0 Å².